The van der Waals surface area contributed by atoms with E-state index in [4.69, 9.17) is 9.84 Å². The van der Waals surface area contributed by atoms with E-state index in [0.717, 1.165) is 5.69 Å². The van der Waals surface area contributed by atoms with Crippen LogP contribution in [0.15, 0.2) is 24.3 Å². The summed E-state index contributed by atoms with van der Waals surface area (Å²) in [6, 6.07) is 6.80. The number of rotatable bonds is 4. The summed E-state index contributed by atoms with van der Waals surface area (Å²) in [6.07, 6.45) is -0.255. The van der Waals surface area contributed by atoms with Crippen molar-refractivity contribution in [2.45, 2.75) is 13.8 Å². The first-order valence-corrected chi connectivity index (χ1v) is 7.47. The Hall–Kier alpha value is -2.24. The summed E-state index contributed by atoms with van der Waals surface area (Å²) >= 11 is 0. The first kappa shape index (κ1) is 16.1. The van der Waals surface area contributed by atoms with Gasteiger partial charge in [0.2, 0.25) is 0 Å². The third-order valence-corrected chi connectivity index (χ3v) is 3.56. The second kappa shape index (κ2) is 7.15. The van der Waals surface area contributed by atoms with Crippen molar-refractivity contribution in [2.24, 2.45) is 5.92 Å². The zero-order valence-corrected chi connectivity index (χ0v) is 13.0. The lowest BCUT2D eigenvalue weighted by Crippen LogP contribution is -2.49. The van der Waals surface area contributed by atoms with Crippen molar-refractivity contribution in [1.29, 1.82) is 0 Å². The Morgan fingerprint density at radius 2 is 1.73 bits per heavy atom. The number of carbonyl (C=O) groups excluding carboxylic acids is 1. The first-order valence-electron chi connectivity index (χ1n) is 7.47. The van der Waals surface area contributed by atoms with Gasteiger partial charge in [-0.2, -0.15) is 0 Å². The van der Waals surface area contributed by atoms with Crippen LogP contribution in [0.4, 0.5) is 10.5 Å². The molecule has 0 saturated carbocycles. The smallest absolute Gasteiger partial charge is 0.409 e. The molecule has 1 heterocycles. The topological polar surface area (TPSA) is 70.1 Å². The average molecular weight is 306 g/mol. The van der Waals surface area contributed by atoms with Crippen molar-refractivity contribution in [2.75, 3.05) is 37.7 Å². The Morgan fingerprint density at radius 3 is 2.23 bits per heavy atom. The molecule has 1 fully saturated rings. The summed E-state index contributed by atoms with van der Waals surface area (Å²) in [5.74, 6) is -0.595. The number of benzene rings is 1. The lowest BCUT2D eigenvalue weighted by Gasteiger charge is -2.35. The molecule has 0 aliphatic carbocycles. The predicted molar refractivity (Wildman–Crippen MR) is 83.4 cm³/mol. The summed E-state index contributed by atoms with van der Waals surface area (Å²) in [6.45, 7) is 7.09. The fraction of sp³-hybridized carbons (Fsp3) is 0.500. The normalized spacial score (nSPS) is 15.0. The lowest BCUT2D eigenvalue weighted by atomic mass is 10.2. The van der Waals surface area contributed by atoms with E-state index in [0.29, 0.717) is 38.7 Å². The Morgan fingerprint density at radius 1 is 1.14 bits per heavy atom. The van der Waals surface area contributed by atoms with Gasteiger partial charge in [-0.15, -0.1) is 0 Å². The number of hydrogen-bond acceptors (Lipinski definition) is 4. The predicted octanol–water partition coefficient (Wildman–Crippen LogP) is 2.30. The SMILES string of the molecule is CC(C)COC(=O)N1CCN(c2ccc(C(=O)O)cc2)CC1. The van der Waals surface area contributed by atoms with Crippen LogP contribution in [0.5, 0.6) is 0 Å². The number of carboxylic acid groups (broad SMARTS) is 1. The average Bonchev–Trinajstić information content (AvgIpc) is 2.53. The minimum atomic E-state index is -0.927. The van der Waals surface area contributed by atoms with Gasteiger partial charge in [0.15, 0.2) is 0 Å². The lowest BCUT2D eigenvalue weighted by molar-refractivity contribution is 0.0696. The van der Waals surface area contributed by atoms with E-state index in [1.54, 1.807) is 29.2 Å². The van der Waals surface area contributed by atoms with E-state index in [1.807, 2.05) is 13.8 Å². The maximum atomic E-state index is 11.9. The molecule has 0 bridgehead atoms. The molecule has 1 aromatic carbocycles. The van der Waals surface area contributed by atoms with Crippen molar-refractivity contribution < 1.29 is 19.4 Å². The Labute approximate surface area is 130 Å². The zero-order valence-electron chi connectivity index (χ0n) is 13.0. The van der Waals surface area contributed by atoms with Crippen LogP contribution in [-0.2, 0) is 4.74 Å². The number of hydrogen-bond donors (Lipinski definition) is 1. The summed E-state index contributed by atoms with van der Waals surface area (Å²) in [5.41, 5.74) is 1.25. The molecule has 1 aliphatic rings. The van der Waals surface area contributed by atoms with Gasteiger partial charge in [0.05, 0.1) is 12.2 Å². The Balaban J connectivity index is 1.86. The summed E-state index contributed by atoms with van der Waals surface area (Å²) < 4.78 is 5.23. The van der Waals surface area contributed by atoms with Gasteiger partial charge in [-0.25, -0.2) is 9.59 Å². The molecule has 1 amide bonds. The molecule has 0 radical (unpaired) electrons. The van der Waals surface area contributed by atoms with Crippen molar-refractivity contribution in [3.63, 3.8) is 0 Å². The molecule has 0 atom stereocenters. The molecule has 0 unspecified atom stereocenters. The first-order chi connectivity index (χ1) is 10.5. The van der Waals surface area contributed by atoms with Gasteiger partial charge in [0.25, 0.3) is 0 Å². The van der Waals surface area contributed by atoms with Gasteiger partial charge < -0.3 is 19.6 Å². The maximum Gasteiger partial charge on any atom is 0.409 e. The summed E-state index contributed by atoms with van der Waals surface area (Å²) in [4.78, 5) is 26.6. The van der Waals surface area contributed by atoms with Gasteiger partial charge in [0.1, 0.15) is 0 Å². The summed E-state index contributed by atoms with van der Waals surface area (Å²) in [7, 11) is 0. The third kappa shape index (κ3) is 4.13. The largest absolute Gasteiger partial charge is 0.478 e. The number of piperazine rings is 1. The van der Waals surface area contributed by atoms with Crippen LogP contribution < -0.4 is 4.90 Å². The van der Waals surface area contributed by atoms with Gasteiger partial charge in [-0.3, -0.25) is 0 Å². The molecule has 2 rings (SSSR count). The monoisotopic (exact) mass is 306 g/mol. The highest BCUT2D eigenvalue weighted by Crippen LogP contribution is 2.17. The molecule has 6 heteroatoms. The number of carboxylic acids is 1. The highest BCUT2D eigenvalue weighted by atomic mass is 16.6. The second-order valence-corrected chi connectivity index (χ2v) is 5.80. The van der Waals surface area contributed by atoms with Crippen LogP contribution in [0.1, 0.15) is 24.2 Å². The molecular weight excluding hydrogens is 284 g/mol. The fourth-order valence-corrected chi connectivity index (χ4v) is 2.29. The molecule has 1 aromatic rings. The number of carbonyl (C=O) groups is 2. The van der Waals surface area contributed by atoms with Gasteiger partial charge in [-0.1, -0.05) is 13.8 Å². The van der Waals surface area contributed by atoms with E-state index in [9.17, 15) is 9.59 Å². The van der Waals surface area contributed by atoms with Crippen molar-refractivity contribution in [3.05, 3.63) is 29.8 Å². The van der Waals surface area contributed by atoms with Crippen LogP contribution in [0.25, 0.3) is 0 Å². The standard InChI is InChI=1S/C16H22N2O4/c1-12(2)11-22-16(21)18-9-7-17(8-10-18)14-5-3-13(4-6-14)15(19)20/h3-6,12H,7-11H2,1-2H3,(H,19,20). The van der Waals surface area contributed by atoms with Gasteiger partial charge >= 0.3 is 12.1 Å². The molecule has 1 saturated heterocycles. The molecule has 1 aliphatic heterocycles. The molecule has 22 heavy (non-hydrogen) atoms. The summed E-state index contributed by atoms with van der Waals surface area (Å²) in [5, 5.41) is 8.90. The maximum absolute atomic E-state index is 11.9. The third-order valence-electron chi connectivity index (χ3n) is 3.56. The quantitative estimate of drug-likeness (QED) is 0.924. The molecule has 0 aromatic heterocycles. The minimum absolute atomic E-state index is 0.255. The Bertz CT molecular complexity index is 519. The molecule has 120 valence electrons. The number of ether oxygens (including phenoxy) is 1. The van der Waals surface area contributed by atoms with Crippen molar-refractivity contribution >= 4 is 17.7 Å². The minimum Gasteiger partial charge on any atom is -0.478 e. The van der Waals surface area contributed by atoms with E-state index in [2.05, 4.69) is 4.90 Å². The molecule has 1 N–H and O–H groups in total. The van der Waals surface area contributed by atoms with E-state index < -0.39 is 5.97 Å². The molecule has 0 spiro atoms. The number of aromatic carboxylic acids is 1. The fourth-order valence-electron chi connectivity index (χ4n) is 2.29. The highest BCUT2D eigenvalue weighted by Gasteiger charge is 2.22. The second-order valence-electron chi connectivity index (χ2n) is 5.80. The van der Waals surface area contributed by atoms with E-state index in [1.165, 1.54) is 0 Å². The number of anilines is 1. The number of amides is 1. The molecule has 6 nitrogen and oxygen atoms in total. The van der Waals surface area contributed by atoms with Crippen LogP contribution in [-0.4, -0.2) is 54.9 Å². The number of nitrogens with zero attached hydrogens (tertiary/aromatic N) is 2. The van der Waals surface area contributed by atoms with Crippen LogP contribution in [0.3, 0.4) is 0 Å². The van der Waals surface area contributed by atoms with Crippen molar-refractivity contribution in [3.8, 4) is 0 Å². The van der Waals surface area contributed by atoms with Gasteiger partial charge in [0, 0.05) is 31.9 Å². The van der Waals surface area contributed by atoms with Crippen molar-refractivity contribution in [1.82, 2.24) is 4.90 Å². The van der Waals surface area contributed by atoms with Gasteiger partial charge in [-0.05, 0) is 30.2 Å². The highest BCUT2D eigenvalue weighted by molar-refractivity contribution is 5.88. The molecular formula is C16H22N2O4. The van der Waals surface area contributed by atoms with E-state index in [-0.39, 0.29) is 11.7 Å². The van der Waals surface area contributed by atoms with Crippen LogP contribution in [0.2, 0.25) is 0 Å². The van der Waals surface area contributed by atoms with Crippen LogP contribution in [0, 0.1) is 5.92 Å². The zero-order chi connectivity index (χ0) is 16.1. The van der Waals surface area contributed by atoms with E-state index >= 15 is 0 Å². The van der Waals surface area contributed by atoms with Crippen LogP contribution >= 0.6 is 0 Å². The Kier molecular flexibility index (Phi) is 5.25.